The summed E-state index contributed by atoms with van der Waals surface area (Å²) in [5, 5.41) is 14.8. The molecule has 0 saturated carbocycles. The first-order chi connectivity index (χ1) is 13.7. The minimum Gasteiger partial charge on any atom is -0.481 e. The Balaban J connectivity index is 2.18. The smallest absolute Gasteiger partial charge is 0.303 e. The van der Waals surface area contributed by atoms with Crippen molar-refractivity contribution < 1.29 is 19.5 Å². The molecular formula is C23H28N2O4. The van der Waals surface area contributed by atoms with Gasteiger partial charge in [0, 0.05) is 17.9 Å². The highest BCUT2D eigenvalue weighted by Gasteiger charge is 2.24. The van der Waals surface area contributed by atoms with Crippen LogP contribution in [0.5, 0.6) is 0 Å². The molecule has 0 radical (unpaired) electrons. The Morgan fingerprint density at radius 2 is 1.59 bits per heavy atom. The molecule has 0 saturated heterocycles. The van der Waals surface area contributed by atoms with Gasteiger partial charge in [-0.3, -0.25) is 14.4 Å². The molecule has 6 heteroatoms. The molecule has 0 fully saturated rings. The van der Waals surface area contributed by atoms with E-state index in [0.29, 0.717) is 24.1 Å². The van der Waals surface area contributed by atoms with Gasteiger partial charge in [0.05, 0.1) is 11.3 Å². The van der Waals surface area contributed by atoms with Crippen LogP contribution in [-0.4, -0.2) is 28.9 Å². The predicted octanol–water partition coefficient (Wildman–Crippen LogP) is 3.88. The molecule has 0 aliphatic heterocycles. The molecule has 0 aliphatic rings. The highest BCUT2D eigenvalue weighted by atomic mass is 16.4. The van der Waals surface area contributed by atoms with Crippen molar-refractivity contribution in [2.45, 2.75) is 46.1 Å². The van der Waals surface area contributed by atoms with E-state index in [0.717, 1.165) is 5.56 Å². The number of rotatable bonds is 8. The van der Waals surface area contributed by atoms with Crippen molar-refractivity contribution in [3.05, 3.63) is 65.7 Å². The average molecular weight is 396 g/mol. The van der Waals surface area contributed by atoms with Crippen LogP contribution in [0.3, 0.4) is 0 Å². The van der Waals surface area contributed by atoms with Crippen LogP contribution in [0.15, 0.2) is 54.6 Å². The second-order valence-electron chi connectivity index (χ2n) is 8.04. The van der Waals surface area contributed by atoms with Gasteiger partial charge >= 0.3 is 5.97 Å². The standard InChI is InChI=1S/C23H28N2O4/c1-23(2,3)22(29)25-19-12-8-7-11-18(19)21(28)24-17(13-14-20(26)27)15-16-9-5-4-6-10-16/h4-12,17H,13-15H2,1-3H3,(H,24,28)(H,25,29)(H,26,27). The molecule has 0 aromatic heterocycles. The molecule has 2 rings (SSSR count). The van der Waals surface area contributed by atoms with Crippen LogP contribution >= 0.6 is 0 Å². The Kier molecular flexibility index (Phi) is 7.53. The minimum atomic E-state index is -0.907. The zero-order chi connectivity index (χ0) is 21.4. The first kappa shape index (κ1) is 22.1. The number of carbonyl (C=O) groups excluding carboxylic acids is 2. The Morgan fingerprint density at radius 3 is 2.21 bits per heavy atom. The van der Waals surface area contributed by atoms with E-state index in [2.05, 4.69) is 10.6 Å². The van der Waals surface area contributed by atoms with Gasteiger partial charge in [0.2, 0.25) is 5.91 Å². The number of carbonyl (C=O) groups is 3. The van der Waals surface area contributed by atoms with Crippen molar-refractivity contribution in [1.29, 1.82) is 0 Å². The van der Waals surface area contributed by atoms with Gasteiger partial charge in [-0.05, 0) is 30.5 Å². The number of para-hydroxylation sites is 1. The van der Waals surface area contributed by atoms with Crippen molar-refractivity contribution in [3.8, 4) is 0 Å². The quantitative estimate of drug-likeness (QED) is 0.631. The van der Waals surface area contributed by atoms with E-state index < -0.39 is 11.4 Å². The molecule has 1 atom stereocenters. The Morgan fingerprint density at radius 1 is 0.966 bits per heavy atom. The van der Waals surface area contributed by atoms with Gasteiger partial charge in [0.25, 0.3) is 5.91 Å². The lowest BCUT2D eigenvalue weighted by molar-refractivity contribution is -0.137. The number of nitrogens with one attached hydrogen (secondary N) is 2. The summed E-state index contributed by atoms with van der Waals surface area (Å²) in [6, 6.07) is 16.1. The molecule has 2 aromatic rings. The lowest BCUT2D eigenvalue weighted by atomic mass is 9.95. The Hall–Kier alpha value is -3.15. The lowest BCUT2D eigenvalue weighted by Crippen LogP contribution is -2.37. The van der Waals surface area contributed by atoms with E-state index in [1.807, 2.05) is 30.3 Å². The molecule has 2 aromatic carbocycles. The van der Waals surface area contributed by atoms with E-state index in [-0.39, 0.29) is 24.3 Å². The molecule has 0 aliphatic carbocycles. The molecule has 0 bridgehead atoms. The zero-order valence-corrected chi connectivity index (χ0v) is 17.1. The number of carboxylic acid groups (broad SMARTS) is 1. The summed E-state index contributed by atoms with van der Waals surface area (Å²) in [6.45, 7) is 5.40. The summed E-state index contributed by atoms with van der Waals surface area (Å²) < 4.78 is 0. The van der Waals surface area contributed by atoms with Gasteiger partial charge in [0.15, 0.2) is 0 Å². The van der Waals surface area contributed by atoms with Crippen LogP contribution in [0.4, 0.5) is 5.69 Å². The van der Waals surface area contributed by atoms with E-state index in [4.69, 9.17) is 5.11 Å². The molecule has 154 valence electrons. The number of carboxylic acids is 1. The summed E-state index contributed by atoms with van der Waals surface area (Å²) in [4.78, 5) is 36.3. The number of hydrogen-bond acceptors (Lipinski definition) is 3. The van der Waals surface area contributed by atoms with E-state index >= 15 is 0 Å². The summed E-state index contributed by atoms with van der Waals surface area (Å²) in [6.07, 6.45) is 0.795. The van der Waals surface area contributed by atoms with E-state index in [9.17, 15) is 14.4 Å². The first-order valence-corrected chi connectivity index (χ1v) is 9.64. The van der Waals surface area contributed by atoms with E-state index in [1.165, 1.54) is 0 Å². The molecule has 2 amide bonds. The van der Waals surface area contributed by atoms with Crippen molar-refractivity contribution in [1.82, 2.24) is 5.32 Å². The van der Waals surface area contributed by atoms with Crippen LogP contribution < -0.4 is 10.6 Å². The maximum absolute atomic E-state index is 12.9. The summed E-state index contributed by atoms with van der Waals surface area (Å²) in [5.74, 6) is -1.44. The number of hydrogen-bond donors (Lipinski definition) is 3. The second-order valence-corrected chi connectivity index (χ2v) is 8.04. The average Bonchev–Trinajstić information content (AvgIpc) is 2.66. The van der Waals surface area contributed by atoms with Crippen molar-refractivity contribution in [2.24, 2.45) is 5.41 Å². The van der Waals surface area contributed by atoms with E-state index in [1.54, 1.807) is 45.0 Å². The topological polar surface area (TPSA) is 95.5 Å². The van der Waals surface area contributed by atoms with Crippen molar-refractivity contribution >= 4 is 23.5 Å². The Bertz CT molecular complexity index is 857. The molecule has 1 unspecified atom stereocenters. The monoisotopic (exact) mass is 396 g/mol. The first-order valence-electron chi connectivity index (χ1n) is 9.64. The molecule has 0 heterocycles. The number of anilines is 1. The minimum absolute atomic E-state index is 0.0415. The molecule has 29 heavy (non-hydrogen) atoms. The number of aliphatic carboxylic acids is 1. The highest BCUT2D eigenvalue weighted by molar-refractivity contribution is 6.04. The number of amides is 2. The maximum Gasteiger partial charge on any atom is 0.303 e. The lowest BCUT2D eigenvalue weighted by Gasteiger charge is -2.21. The van der Waals surface area contributed by atoms with Crippen LogP contribution in [0.25, 0.3) is 0 Å². The predicted molar refractivity (Wildman–Crippen MR) is 113 cm³/mol. The van der Waals surface area contributed by atoms with Crippen molar-refractivity contribution in [2.75, 3.05) is 5.32 Å². The number of benzene rings is 2. The fourth-order valence-corrected chi connectivity index (χ4v) is 2.78. The molecular weight excluding hydrogens is 368 g/mol. The van der Waals surface area contributed by atoms with Gasteiger partial charge < -0.3 is 15.7 Å². The van der Waals surface area contributed by atoms with Gasteiger partial charge in [-0.2, -0.15) is 0 Å². The molecule has 0 spiro atoms. The highest BCUT2D eigenvalue weighted by Crippen LogP contribution is 2.21. The summed E-state index contributed by atoms with van der Waals surface area (Å²) in [7, 11) is 0. The van der Waals surface area contributed by atoms with Gasteiger partial charge in [-0.25, -0.2) is 0 Å². The molecule has 3 N–H and O–H groups in total. The zero-order valence-electron chi connectivity index (χ0n) is 17.1. The molecule has 6 nitrogen and oxygen atoms in total. The maximum atomic E-state index is 12.9. The fraction of sp³-hybridized carbons (Fsp3) is 0.348. The normalized spacial score (nSPS) is 12.1. The van der Waals surface area contributed by atoms with Crippen LogP contribution in [-0.2, 0) is 16.0 Å². The second kappa shape index (κ2) is 9.87. The largest absolute Gasteiger partial charge is 0.481 e. The third-order valence-corrected chi connectivity index (χ3v) is 4.47. The van der Waals surface area contributed by atoms with Crippen molar-refractivity contribution in [3.63, 3.8) is 0 Å². The fourth-order valence-electron chi connectivity index (χ4n) is 2.78. The summed E-state index contributed by atoms with van der Waals surface area (Å²) >= 11 is 0. The SMILES string of the molecule is CC(C)(C)C(=O)Nc1ccccc1C(=O)NC(CCC(=O)O)Cc1ccccc1. The third-order valence-electron chi connectivity index (χ3n) is 4.47. The Labute approximate surface area is 171 Å². The van der Waals surface area contributed by atoms with Crippen LogP contribution in [0, 0.1) is 5.41 Å². The summed E-state index contributed by atoms with van der Waals surface area (Å²) in [5.41, 5.74) is 1.19. The van der Waals surface area contributed by atoms with Gasteiger partial charge in [-0.15, -0.1) is 0 Å². The van der Waals surface area contributed by atoms with Gasteiger partial charge in [0.1, 0.15) is 0 Å². The van der Waals surface area contributed by atoms with Crippen LogP contribution in [0.1, 0.15) is 49.5 Å². The van der Waals surface area contributed by atoms with Crippen LogP contribution in [0.2, 0.25) is 0 Å². The third kappa shape index (κ3) is 7.07. The van der Waals surface area contributed by atoms with Gasteiger partial charge in [-0.1, -0.05) is 63.2 Å².